The van der Waals surface area contributed by atoms with Crippen LogP contribution in [0.4, 0.5) is 0 Å². The molecule has 0 aliphatic carbocycles. The lowest BCUT2D eigenvalue weighted by atomic mass is 9.84. The highest BCUT2D eigenvalue weighted by Crippen LogP contribution is 2.44. The number of rotatable bonds is 20. The average molecular weight is 803 g/mol. The number of aliphatic imine (C=N–C) groups is 1. The zero-order valence-corrected chi connectivity index (χ0v) is 33.7. The molecule has 1 aliphatic rings. The van der Waals surface area contributed by atoms with Gasteiger partial charge in [0.1, 0.15) is 24.7 Å². The minimum atomic E-state index is -1.37. The van der Waals surface area contributed by atoms with Crippen molar-refractivity contribution >= 4 is 17.9 Å². The SMILES string of the molecule is COc1cccc([C@H]2OC(c3ccc(OCCCO)cc3)=N[C@@]2(C/C=C/c2ccccc2)C(=O)NCCc2ccc(OCc3ccccc3)c(OCc3ccccc3)c2)c1. The highest BCUT2D eigenvalue weighted by atomic mass is 16.5. The standard InChI is InChI=1S/C51H50N2O7/c1-56-45-22-11-21-43(35-45)48-51(30-12-20-38-14-5-2-6-15-38,53-49(60-48)42-24-26-44(27-25-42)57-33-13-32-54)50(55)52-31-29-39-23-28-46(58-36-40-16-7-3-8-17-40)47(34-39)59-37-41-18-9-4-10-19-41/h2-12,14-28,34-35,48,54H,13,29-33,36-37H2,1H3,(H,52,55)/b20-12+/t48-,51-/m1/s1. The van der Waals surface area contributed by atoms with Gasteiger partial charge in [0.15, 0.2) is 23.1 Å². The smallest absolute Gasteiger partial charge is 0.252 e. The van der Waals surface area contributed by atoms with Crippen LogP contribution in [0.1, 0.15) is 52.3 Å². The summed E-state index contributed by atoms with van der Waals surface area (Å²) >= 11 is 0. The summed E-state index contributed by atoms with van der Waals surface area (Å²) in [5.41, 5.74) is 4.17. The third-order valence-corrected chi connectivity index (χ3v) is 10.1. The molecule has 1 amide bonds. The average Bonchev–Trinajstić information content (AvgIpc) is 3.70. The molecular formula is C51H50N2O7. The summed E-state index contributed by atoms with van der Waals surface area (Å²) in [4.78, 5) is 20.0. The summed E-state index contributed by atoms with van der Waals surface area (Å²) in [6.07, 6.45) is 4.53. The second-order valence-corrected chi connectivity index (χ2v) is 14.4. The van der Waals surface area contributed by atoms with E-state index in [1.807, 2.05) is 170 Å². The van der Waals surface area contributed by atoms with Crippen LogP contribution in [0.25, 0.3) is 6.08 Å². The largest absolute Gasteiger partial charge is 0.497 e. The lowest BCUT2D eigenvalue weighted by Gasteiger charge is -2.30. The van der Waals surface area contributed by atoms with E-state index < -0.39 is 11.6 Å². The number of ether oxygens (including phenoxy) is 5. The van der Waals surface area contributed by atoms with E-state index in [4.69, 9.17) is 28.7 Å². The van der Waals surface area contributed by atoms with Gasteiger partial charge >= 0.3 is 0 Å². The summed E-state index contributed by atoms with van der Waals surface area (Å²) in [6.45, 7) is 1.57. The Morgan fingerprint density at radius 1 is 0.733 bits per heavy atom. The Balaban J connectivity index is 1.16. The number of nitrogens with zero attached hydrogens (tertiary/aromatic N) is 1. The summed E-state index contributed by atoms with van der Waals surface area (Å²) in [7, 11) is 1.61. The summed E-state index contributed by atoms with van der Waals surface area (Å²) in [5, 5.41) is 12.4. The van der Waals surface area contributed by atoms with Crippen LogP contribution in [-0.4, -0.2) is 49.3 Å². The number of hydrogen-bond donors (Lipinski definition) is 2. The summed E-state index contributed by atoms with van der Waals surface area (Å²) in [6, 6.07) is 50.9. The third-order valence-electron chi connectivity index (χ3n) is 10.1. The van der Waals surface area contributed by atoms with Crippen molar-refractivity contribution in [2.24, 2.45) is 4.99 Å². The topological polar surface area (TPSA) is 108 Å². The zero-order valence-electron chi connectivity index (χ0n) is 33.7. The molecule has 60 heavy (non-hydrogen) atoms. The molecule has 0 radical (unpaired) electrons. The van der Waals surface area contributed by atoms with Gasteiger partial charge in [-0.25, -0.2) is 4.99 Å². The Morgan fingerprint density at radius 3 is 2.10 bits per heavy atom. The first-order chi connectivity index (χ1) is 29.5. The molecule has 1 heterocycles. The van der Waals surface area contributed by atoms with Crippen LogP contribution in [0.15, 0.2) is 169 Å². The number of nitrogens with one attached hydrogen (secondary N) is 1. The Morgan fingerprint density at radius 2 is 1.42 bits per heavy atom. The quantitative estimate of drug-likeness (QED) is 0.0742. The van der Waals surface area contributed by atoms with Gasteiger partial charge in [-0.3, -0.25) is 4.79 Å². The van der Waals surface area contributed by atoms with Gasteiger partial charge in [0, 0.05) is 31.6 Å². The lowest BCUT2D eigenvalue weighted by Crippen LogP contribution is -2.48. The molecule has 7 rings (SSSR count). The number of amides is 1. The minimum absolute atomic E-state index is 0.0535. The molecule has 0 saturated carbocycles. The first kappa shape index (κ1) is 41.3. The van der Waals surface area contributed by atoms with E-state index in [0.29, 0.717) is 73.7 Å². The van der Waals surface area contributed by atoms with Crippen molar-refractivity contribution in [1.29, 1.82) is 0 Å². The van der Waals surface area contributed by atoms with Crippen molar-refractivity contribution in [3.05, 3.63) is 197 Å². The first-order valence-electron chi connectivity index (χ1n) is 20.2. The van der Waals surface area contributed by atoms with Crippen molar-refractivity contribution < 1.29 is 33.6 Å². The molecule has 0 unspecified atom stereocenters. The molecule has 2 atom stereocenters. The van der Waals surface area contributed by atoms with Crippen molar-refractivity contribution in [1.82, 2.24) is 5.32 Å². The minimum Gasteiger partial charge on any atom is -0.497 e. The number of methoxy groups -OCH3 is 1. The highest BCUT2D eigenvalue weighted by Gasteiger charge is 2.52. The zero-order chi connectivity index (χ0) is 41.4. The number of hydrogen-bond acceptors (Lipinski definition) is 8. The van der Waals surface area contributed by atoms with Crippen LogP contribution < -0.4 is 24.3 Å². The van der Waals surface area contributed by atoms with Crippen LogP contribution in [0.2, 0.25) is 0 Å². The van der Waals surface area contributed by atoms with Gasteiger partial charge in [0.05, 0.1) is 13.7 Å². The second kappa shape index (κ2) is 20.7. The maximum absolute atomic E-state index is 14.9. The van der Waals surface area contributed by atoms with Crippen LogP contribution in [-0.2, 0) is 29.2 Å². The molecule has 0 fully saturated rings. The van der Waals surface area contributed by atoms with E-state index in [1.54, 1.807) is 7.11 Å². The number of carbonyl (C=O) groups is 1. The highest BCUT2D eigenvalue weighted by molar-refractivity contribution is 6.01. The molecule has 306 valence electrons. The molecule has 0 aromatic heterocycles. The molecule has 0 bridgehead atoms. The molecule has 6 aromatic carbocycles. The fourth-order valence-electron chi connectivity index (χ4n) is 6.94. The van der Waals surface area contributed by atoms with Gasteiger partial charge in [-0.15, -0.1) is 0 Å². The molecular weight excluding hydrogens is 753 g/mol. The van der Waals surface area contributed by atoms with E-state index in [9.17, 15) is 9.90 Å². The molecule has 0 spiro atoms. The Bertz CT molecular complexity index is 2330. The normalized spacial score (nSPS) is 15.8. The van der Waals surface area contributed by atoms with Crippen LogP contribution in [0, 0.1) is 0 Å². The van der Waals surface area contributed by atoms with Gasteiger partial charge in [-0.2, -0.15) is 0 Å². The number of aliphatic hydroxyl groups is 1. The van der Waals surface area contributed by atoms with Crippen LogP contribution in [0.5, 0.6) is 23.0 Å². The van der Waals surface area contributed by atoms with E-state index in [1.165, 1.54) is 0 Å². The molecule has 0 saturated heterocycles. The Kier molecular flexibility index (Phi) is 14.3. The van der Waals surface area contributed by atoms with Gasteiger partial charge in [0.25, 0.3) is 5.91 Å². The van der Waals surface area contributed by atoms with Gasteiger partial charge in [-0.05, 0) is 82.8 Å². The monoisotopic (exact) mass is 802 g/mol. The van der Waals surface area contributed by atoms with Crippen molar-refractivity contribution in [2.45, 2.75) is 44.1 Å². The molecule has 9 nitrogen and oxygen atoms in total. The number of aliphatic hydroxyl groups excluding tert-OH is 1. The van der Waals surface area contributed by atoms with E-state index >= 15 is 0 Å². The molecule has 9 heteroatoms. The van der Waals surface area contributed by atoms with E-state index in [0.717, 1.165) is 27.8 Å². The summed E-state index contributed by atoms with van der Waals surface area (Å²) < 4.78 is 30.7. The Labute approximate surface area is 351 Å². The van der Waals surface area contributed by atoms with Crippen LogP contribution >= 0.6 is 0 Å². The predicted molar refractivity (Wildman–Crippen MR) is 235 cm³/mol. The number of carbonyl (C=O) groups excluding carboxylic acids is 1. The van der Waals surface area contributed by atoms with Gasteiger partial charge < -0.3 is 34.1 Å². The molecule has 1 aliphatic heterocycles. The van der Waals surface area contributed by atoms with Gasteiger partial charge in [0.2, 0.25) is 5.90 Å². The molecule has 2 N–H and O–H groups in total. The fourth-order valence-corrected chi connectivity index (χ4v) is 6.94. The fraction of sp³-hybridized carbons (Fsp3) is 0.216. The van der Waals surface area contributed by atoms with Crippen molar-refractivity contribution in [2.75, 3.05) is 26.9 Å². The molecule has 6 aromatic rings. The Hall–Kier alpha value is -6.84. The lowest BCUT2D eigenvalue weighted by molar-refractivity contribution is -0.128. The van der Waals surface area contributed by atoms with Crippen molar-refractivity contribution in [3.8, 4) is 23.0 Å². The summed E-state index contributed by atoms with van der Waals surface area (Å²) in [5.74, 6) is 2.65. The second-order valence-electron chi connectivity index (χ2n) is 14.4. The first-order valence-corrected chi connectivity index (χ1v) is 20.2. The maximum atomic E-state index is 14.9. The maximum Gasteiger partial charge on any atom is 0.252 e. The van der Waals surface area contributed by atoms with E-state index in [-0.39, 0.29) is 18.9 Å². The third kappa shape index (κ3) is 10.8. The predicted octanol–water partition coefficient (Wildman–Crippen LogP) is 9.33. The number of benzene rings is 6. The van der Waals surface area contributed by atoms with E-state index in [2.05, 4.69) is 5.32 Å². The van der Waals surface area contributed by atoms with Gasteiger partial charge in [-0.1, -0.05) is 121 Å². The van der Waals surface area contributed by atoms with Crippen LogP contribution in [0.3, 0.4) is 0 Å². The van der Waals surface area contributed by atoms with Crippen molar-refractivity contribution in [3.63, 3.8) is 0 Å².